The first-order valence-electron chi connectivity index (χ1n) is 15.5. The third-order valence-corrected chi connectivity index (χ3v) is 8.37. The molecule has 4 N–H and O–H groups in total. The summed E-state index contributed by atoms with van der Waals surface area (Å²) >= 11 is 0. The lowest BCUT2D eigenvalue weighted by Gasteiger charge is -2.37. The fourth-order valence-electron chi connectivity index (χ4n) is 6.33. The molecule has 2 amide bonds. The summed E-state index contributed by atoms with van der Waals surface area (Å²) in [6.07, 6.45) is -3.00. The smallest absolute Gasteiger partial charge is 0.320 e. The molecule has 2 aromatic heterocycles. The summed E-state index contributed by atoms with van der Waals surface area (Å²) in [4.78, 5) is 17.8. The average Bonchev–Trinajstić information content (AvgIpc) is 3.49. The van der Waals surface area contributed by atoms with Crippen molar-refractivity contribution < 1.29 is 23.8 Å². The van der Waals surface area contributed by atoms with Gasteiger partial charge in [0, 0.05) is 6.07 Å². The number of aromatic nitrogens is 3. The fraction of sp³-hybridized carbons (Fsp3) is 0.184. The molecule has 0 fully saturated rings. The number of aliphatic hydroxyl groups is 2. The molecule has 0 bridgehead atoms. The van der Waals surface area contributed by atoms with Gasteiger partial charge in [-0.05, 0) is 36.1 Å². The molecule has 0 saturated heterocycles. The predicted molar refractivity (Wildman–Crippen MR) is 181 cm³/mol. The first kappa shape index (κ1) is 32.5. The number of carbonyl (C=O) groups is 1. The Labute approximate surface area is 276 Å². The minimum atomic E-state index is -3.00. The number of pyridine rings is 1. The lowest BCUT2D eigenvalue weighted by molar-refractivity contribution is 0.0415. The van der Waals surface area contributed by atoms with Crippen molar-refractivity contribution in [3.05, 3.63) is 161 Å². The Hall–Kier alpha value is -5.45. The van der Waals surface area contributed by atoms with Gasteiger partial charge in [-0.3, -0.25) is 5.32 Å². The van der Waals surface area contributed by atoms with Gasteiger partial charge in [0.25, 0.3) is 6.43 Å². The molecule has 0 aliphatic carbocycles. The molecule has 10 heteroatoms. The number of nitrogens with zero attached hydrogens (tertiary/aromatic N) is 3. The van der Waals surface area contributed by atoms with Crippen molar-refractivity contribution in [1.82, 2.24) is 20.1 Å². The number of hydrogen-bond acceptors (Lipinski definition) is 5. The molecule has 1 atom stereocenters. The monoisotopic (exact) mass is 647 g/mol. The molecular weight excluding hydrogens is 612 g/mol. The van der Waals surface area contributed by atoms with Crippen molar-refractivity contribution in [3.8, 4) is 0 Å². The second-order valence-corrected chi connectivity index (χ2v) is 12.0. The van der Waals surface area contributed by atoms with Crippen LogP contribution in [0.25, 0.3) is 10.9 Å². The van der Waals surface area contributed by atoms with Crippen LogP contribution in [0.5, 0.6) is 0 Å². The number of alkyl halides is 2. The van der Waals surface area contributed by atoms with Crippen LogP contribution in [0.4, 0.5) is 19.4 Å². The van der Waals surface area contributed by atoms with Gasteiger partial charge in [0.15, 0.2) is 0 Å². The lowest BCUT2D eigenvalue weighted by atomic mass is 9.77. The van der Waals surface area contributed by atoms with E-state index in [1.165, 1.54) is 10.7 Å². The zero-order chi connectivity index (χ0) is 33.9. The van der Waals surface area contributed by atoms with Gasteiger partial charge >= 0.3 is 6.03 Å². The van der Waals surface area contributed by atoms with E-state index in [9.17, 15) is 23.8 Å². The second-order valence-electron chi connectivity index (χ2n) is 12.0. The normalized spacial score (nSPS) is 12.6. The highest BCUT2D eigenvalue weighted by Gasteiger charge is 2.42. The molecular formula is C38H35F2N5O3. The molecule has 6 aromatic rings. The highest BCUT2D eigenvalue weighted by Crippen LogP contribution is 2.44. The number of nitrogens with one attached hydrogen (secondary N) is 2. The molecule has 48 heavy (non-hydrogen) atoms. The van der Waals surface area contributed by atoms with E-state index in [4.69, 9.17) is 0 Å². The van der Waals surface area contributed by atoms with E-state index in [1.807, 2.05) is 97.1 Å². The molecule has 2 heterocycles. The second kappa shape index (κ2) is 13.3. The summed E-state index contributed by atoms with van der Waals surface area (Å²) in [6, 6.07) is 37.4. The van der Waals surface area contributed by atoms with E-state index in [0.29, 0.717) is 5.56 Å². The van der Waals surface area contributed by atoms with Crippen LogP contribution in [-0.4, -0.2) is 36.6 Å². The Morgan fingerprint density at radius 2 is 1.29 bits per heavy atom. The summed E-state index contributed by atoms with van der Waals surface area (Å²) in [5, 5.41) is 31.5. The molecule has 244 valence electrons. The number of urea groups is 1. The Balaban J connectivity index is 1.58. The quantitative estimate of drug-likeness (QED) is 0.116. The lowest BCUT2D eigenvalue weighted by Crippen LogP contribution is -2.44. The summed E-state index contributed by atoms with van der Waals surface area (Å²) in [5.74, 6) is -0.00309. The van der Waals surface area contributed by atoms with Crippen LogP contribution in [-0.2, 0) is 12.1 Å². The van der Waals surface area contributed by atoms with Crippen molar-refractivity contribution in [1.29, 1.82) is 0 Å². The van der Waals surface area contributed by atoms with Crippen LogP contribution >= 0.6 is 0 Å². The number of benzene rings is 4. The highest BCUT2D eigenvalue weighted by atomic mass is 19.3. The summed E-state index contributed by atoms with van der Waals surface area (Å²) in [6.45, 7) is 2.48. The van der Waals surface area contributed by atoms with Gasteiger partial charge in [-0.15, -0.1) is 0 Å². The maximum atomic E-state index is 14.9. The topological polar surface area (TPSA) is 112 Å². The Morgan fingerprint density at radius 3 is 1.73 bits per heavy atom. The number of amides is 2. The van der Waals surface area contributed by atoms with Gasteiger partial charge in [-0.1, -0.05) is 121 Å². The molecule has 0 aliphatic rings. The number of rotatable bonds is 10. The predicted octanol–water partition coefficient (Wildman–Crippen LogP) is 7.34. The molecule has 1 unspecified atom stereocenters. The van der Waals surface area contributed by atoms with Crippen LogP contribution in [0.15, 0.2) is 127 Å². The first-order chi connectivity index (χ1) is 23.1. The highest BCUT2D eigenvalue weighted by molar-refractivity contribution is 5.93. The van der Waals surface area contributed by atoms with Gasteiger partial charge in [-0.2, -0.15) is 5.10 Å². The fourth-order valence-corrected chi connectivity index (χ4v) is 6.33. The zero-order valence-electron chi connectivity index (χ0n) is 26.4. The summed E-state index contributed by atoms with van der Waals surface area (Å²) in [7, 11) is 0. The van der Waals surface area contributed by atoms with Gasteiger partial charge < -0.3 is 15.5 Å². The minimum absolute atomic E-state index is 0.00309. The van der Waals surface area contributed by atoms with Gasteiger partial charge in [0.05, 0.1) is 34.8 Å². The largest absolute Gasteiger partial charge is 0.390 e. The zero-order valence-corrected chi connectivity index (χ0v) is 26.4. The van der Waals surface area contributed by atoms with E-state index in [1.54, 1.807) is 38.1 Å². The van der Waals surface area contributed by atoms with Crippen molar-refractivity contribution in [2.75, 3.05) is 5.32 Å². The number of carbonyl (C=O) groups excluding carboxylic acids is 1. The molecule has 0 radical (unpaired) electrons. The van der Waals surface area contributed by atoms with Gasteiger partial charge in [0.2, 0.25) is 0 Å². The van der Waals surface area contributed by atoms with E-state index < -0.39 is 41.9 Å². The Kier molecular flexibility index (Phi) is 9.03. The number of halogens is 2. The molecule has 0 aliphatic heterocycles. The van der Waals surface area contributed by atoms with Crippen LogP contribution < -0.4 is 10.6 Å². The van der Waals surface area contributed by atoms with Gasteiger partial charge in [0.1, 0.15) is 17.1 Å². The third kappa shape index (κ3) is 6.03. The molecule has 0 saturated carbocycles. The first-order valence-corrected chi connectivity index (χ1v) is 15.5. The number of aliphatic hydroxyl groups excluding tert-OH is 1. The number of fused-ring (bicyclic) bond motifs is 1. The minimum Gasteiger partial charge on any atom is -0.390 e. The maximum Gasteiger partial charge on any atom is 0.320 e. The summed E-state index contributed by atoms with van der Waals surface area (Å²) in [5.41, 5.74) is -0.0736. The van der Waals surface area contributed by atoms with E-state index in [2.05, 4.69) is 20.7 Å². The van der Waals surface area contributed by atoms with E-state index >= 15 is 0 Å². The van der Waals surface area contributed by atoms with E-state index in [0.717, 1.165) is 16.7 Å². The maximum absolute atomic E-state index is 14.9. The van der Waals surface area contributed by atoms with Crippen molar-refractivity contribution in [3.63, 3.8) is 0 Å². The molecule has 8 nitrogen and oxygen atoms in total. The van der Waals surface area contributed by atoms with Gasteiger partial charge in [-0.25, -0.2) is 23.2 Å². The van der Waals surface area contributed by atoms with Crippen molar-refractivity contribution >= 4 is 22.8 Å². The summed E-state index contributed by atoms with van der Waals surface area (Å²) < 4.78 is 31.3. The van der Waals surface area contributed by atoms with Crippen molar-refractivity contribution in [2.45, 2.75) is 44.1 Å². The number of hydrogen-bond donors (Lipinski definition) is 4. The molecule has 0 spiro atoms. The Morgan fingerprint density at radius 1 is 0.812 bits per heavy atom. The number of anilines is 1. The van der Waals surface area contributed by atoms with Crippen LogP contribution in [0, 0.1) is 0 Å². The van der Waals surface area contributed by atoms with E-state index in [-0.39, 0.29) is 22.4 Å². The third-order valence-electron chi connectivity index (χ3n) is 8.37. The SMILES string of the molecule is CC(C)(O)C(NC(=O)Nc1cc2c(c(CO)n1)c(C(F)F)nn2C(c1ccccc1)(c1ccccc1)c1ccccc1)c1ccccc1. The molecule has 4 aromatic carbocycles. The molecule has 6 rings (SSSR count). The van der Waals surface area contributed by atoms with Crippen LogP contribution in [0.3, 0.4) is 0 Å². The average molecular weight is 648 g/mol. The van der Waals surface area contributed by atoms with Crippen molar-refractivity contribution in [2.24, 2.45) is 0 Å². The van der Waals surface area contributed by atoms with Crippen LogP contribution in [0.1, 0.15) is 60.0 Å². The van der Waals surface area contributed by atoms with Crippen LogP contribution in [0.2, 0.25) is 0 Å². The Bertz CT molecular complexity index is 1900. The standard InChI is InChI=1S/C38H35F2N5O3/c1-37(2,48)34(25-15-7-3-8-16-25)43-36(47)42-31-23-30-32(29(24-46)41-31)33(35(39)40)44-45(30)38(26-17-9-4-10-18-26,27-19-11-5-12-20-27)28-21-13-6-14-22-28/h3-23,34-35,46,48H,24H2,1-2H3,(H2,41,42,43,47).